The molecule has 2 aliphatic heterocycles. The van der Waals surface area contributed by atoms with Crippen LogP contribution in [0.2, 0.25) is 0 Å². The van der Waals surface area contributed by atoms with Gasteiger partial charge in [0.25, 0.3) is 0 Å². The quantitative estimate of drug-likeness (QED) is 0.222. The van der Waals surface area contributed by atoms with E-state index in [0.29, 0.717) is 61.9 Å². The highest BCUT2D eigenvalue weighted by Gasteiger charge is 2.29. The first-order valence-electron chi connectivity index (χ1n) is 16.1. The molecule has 2 N–H and O–H groups in total. The fourth-order valence-electron chi connectivity index (χ4n) is 6.63. The molecule has 0 aliphatic carbocycles. The van der Waals surface area contributed by atoms with Crippen molar-refractivity contribution < 1.29 is 28.6 Å². The Kier molecular flexibility index (Phi) is 9.67. The maximum atomic E-state index is 12.8. The molecular formula is C36H42N4O6. The Balaban J connectivity index is 1.24. The van der Waals surface area contributed by atoms with Crippen molar-refractivity contribution in [3.05, 3.63) is 65.2 Å². The number of morpholine rings is 1. The SMILES string of the molecule is COc1cc2oc(-c3cccc(-c4cccc(NC(=O)CCN5CCOCC5)c4C)c3C)nc2cc1CN1CCCCC1C(=O)O. The number of methoxy groups -OCH3 is 1. The fraction of sp³-hybridized carbons (Fsp3) is 0.417. The van der Waals surface area contributed by atoms with Crippen LogP contribution in [0, 0.1) is 13.8 Å². The van der Waals surface area contributed by atoms with Gasteiger partial charge in [0.1, 0.15) is 17.3 Å². The van der Waals surface area contributed by atoms with Crippen LogP contribution in [0.1, 0.15) is 42.4 Å². The number of hydrogen-bond acceptors (Lipinski definition) is 8. The van der Waals surface area contributed by atoms with Gasteiger partial charge in [0.2, 0.25) is 11.8 Å². The second kappa shape index (κ2) is 14.0. The van der Waals surface area contributed by atoms with Crippen molar-refractivity contribution in [3.8, 4) is 28.3 Å². The fourth-order valence-corrected chi connectivity index (χ4v) is 6.63. The van der Waals surface area contributed by atoms with Crippen molar-refractivity contribution in [2.75, 3.05) is 51.8 Å². The largest absolute Gasteiger partial charge is 0.496 e. The molecule has 2 saturated heterocycles. The zero-order valence-corrected chi connectivity index (χ0v) is 26.8. The van der Waals surface area contributed by atoms with Gasteiger partial charge < -0.3 is 24.3 Å². The van der Waals surface area contributed by atoms with E-state index in [2.05, 4.69) is 29.3 Å². The molecule has 2 fully saturated rings. The Labute approximate surface area is 269 Å². The number of rotatable bonds is 10. The van der Waals surface area contributed by atoms with Gasteiger partial charge >= 0.3 is 5.97 Å². The van der Waals surface area contributed by atoms with Gasteiger partial charge in [0, 0.05) is 55.5 Å². The molecule has 2 aliphatic rings. The highest BCUT2D eigenvalue weighted by atomic mass is 16.5. The second-order valence-electron chi connectivity index (χ2n) is 12.2. The zero-order valence-electron chi connectivity index (χ0n) is 26.8. The van der Waals surface area contributed by atoms with Crippen LogP contribution < -0.4 is 10.1 Å². The number of likely N-dealkylation sites (tertiary alicyclic amines) is 1. The minimum Gasteiger partial charge on any atom is -0.496 e. The molecule has 1 amide bonds. The topological polar surface area (TPSA) is 117 Å². The van der Waals surface area contributed by atoms with E-state index in [-0.39, 0.29) is 5.91 Å². The number of carboxylic acids is 1. The lowest BCUT2D eigenvalue weighted by molar-refractivity contribution is -0.144. The normalized spacial score (nSPS) is 17.7. The summed E-state index contributed by atoms with van der Waals surface area (Å²) >= 11 is 0. The van der Waals surface area contributed by atoms with E-state index in [4.69, 9.17) is 18.9 Å². The minimum absolute atomic E-state index is 0.00254. The van der Waals surface area contributed by atoms with Gasteiger partial charge in [0.15, 0.2) is 5.58 Å². The molecule has 3 aromatic carbocycles. The molecule has 10 nitrogen and oxygen atoms in total. The summed E-state index contributed by atoms with van der Waals surface area (Å²) in [5.74, 6) is 0.359. The molecule has 0 saturated carbocycles. The number of carbonyl (C=O) groups excluding carboxylic acids is 1. The van der Waals surface area contributed by atoms with Gasteiger partial charge in [-0.1, -0.05) is 30.7 Å². The van der Waals surface area contributed by atoms with Crippen molar-refractivity contribution in [2.24, 2.45) is 0 Å². The maximum absolute atomic E-state index is 12.8. The highest BCUT2D eigenvalue weighted by molar-refractivity contribution is 5.93. The molecule has 1 atom stereocenters. The molecule has 46 heavy (non-hydrogen) atoms. The lowest BCUT2D eigenvalue weighted by atomic mass is 9.93. The molecule has 0 spiro atoms. The highest BCUT2D eigenvalue weighted by Crippen LogP contribution is 2.37. The van der Waals surface area contributed by atoms with Crippen molar-refractivity contribution in [1.29, 1.82) is 0 Å². The number of hydrogen-bond donors (Lipinski definition) is 2. The van der Waals surface area contributed by atoms with Gasteiger partial charge in [-0.15, -0.1) is 0 Å². The van der Waals surface area contributed by atoms with E-state index < -0.39 is 12.0 Å². The average Bonchev–Trinajstić information content (AvgIpc) is 3.48. The van der Waals surface area contributed by atoms with Crippen LogP contribution in [0.15, 0.2) is 52.9 Å². The van der Waals surface area contributed by atoms with E-state index in [9.17, 15) is 14.7 Å². The van der Waals surface area contributed by atoms with Crippen molar-refractivity contribution >= 4 is 28.7 Å². The maximum Gasteiger partial charge on any atom is 0.320 e. The first-order chi connectivity index (χ1) is 22.3. The summed E-state index contributed by atoms with van der Waals surface area (Å²) in [4.78, 5) is 33.9. The summed E-state index contributed by atoms with van der Waals surface area (Å²) in [6.45, 7) is 9.15. The van der Waals surface area contributed by atoms with Crippen LogP contribution in [0.4, 0.5) is 5.69 Å². The molecular weight excluding hydrogens is 584 g/mol. The number of ether oxygens (including phenoxy) is 2. The van der Waals surface area contributed by atoms with Crippen molar-refractivity contribution in [1.82, 2.24) is 14.8 Å². The third-order valence-corrected chi connectivity index (χ3v) is 9.28. The molecule has 242 valence electrons. The molecule has 1 unspecified atom stereocenters. The smallest absolute Gasteiger partial charge is 0.320 e. The van der Waals surface area contributed by atoms with Gasteiger partial charge in [-0.3, -0.25) is 19.4 Å². The molecule has 0 bridgehead atoms. The molecule has 10 heteroatoms. The number of nitrogens with zero attached hydrogens (tertiary/aromatic N) is 3. The third-order valence-electron chi connectivity index (χ3n) is 9.28. The van der Waals surface area contributed by atoms with Crippen LogP contribution in [0.25, 0.3) is 33.7 Å². The number of anilines is 1. The van der Waals surface area contributed by atoms with E-state index >= 15 is 0 Å². The lowest BCUT2D eigenvalue weighted by Crippen LogP contribution is -2.44. The number of amides is 1. The number of aliphatic carboxylic acids is 1. The number of carbonyl (C=O) groups is 2. The summed E-state index contributed by atoms with van der Waals surface area (Å²) < 4.78 is 17.4. The predicted octanol–water partition coefficient (Wildman–Crippen LogP) is 5.89. The Morgan fingerprint density at radius 1 is 1.00 bits per heavy atom. The van der Waals surface area contributed by atoms with Gasteiger partial charge in [0.05, 0.1) is 20.3 Å². The number of oxazole rings is 1. The summed E-state index contributed by atoms with van der Waals surface area (Å²) in [5.41, 5.74) is 7.91. The van der Waals surface area contributed by atoms with Crippen molar-refractivity contribution in [2.45, 2.75) is 52.1 Å². The van der Waals surface area contributed by atoms with Crippen LogP contribution in [-0.4, -0.2) is 84.3 Å². The number of aromatic nitrogens is 1. The second-order valence-corrected chi connectivity index (χ2v) is 12.2. The van der Waals surface area contributed by atoms with Crippen LogP contribution in [-0.2, 0) is 20.9 Å². The first-order valence-corrected chi connectivity index (χ1v) is 16.1. The Bertz CT molecular complexity index is 1730. The monoisotopic (exact) mass is 626 g/mol. The Hall–Kier alpha value is -4.25. The van der Waals surface area contributed by atoms with E-state index in [0.717, 1.165) is 71.5 Å². The van der Waals surface area contributed by atoms with E-state index in [1.165, 1.54) is 0 Å². The average molecular weight is 627 g/mol. The lowest BCUT2D eigenvalue weighted by Gasteiger charge is -2.33. The molecule has 4 aromatic rings. The predicted molar refractivity (Wildman–Crippen MR) is 177 cm³/mol. The molecule has 6 rings (SSSR count). The van der Waals surface area contributed by atoms with Gasteiger partial charge in [-0.05, 0) is 73.7 Å². The molecule has 0 radical (unpaired) electrons. The molecule has 1 aromatic heterocycles. The van der Waals surface area contributed by atoms with Crippen LogP contribution in [0.3, 0.4) is 0 Å². The van der Waals surface area contributed by atoms with Crippen LogP contribution >= 0.6 is 0 Å². The number of nitrogens with one attached hydrogen (secondary N) is 1. The van der Waals surface area contributed by atoms with Gasteiger partial charge in [-0.25, -0.2) is 4.98 Å². The number of carboxylic acid groups (broad SMARTS) is 1. The minimum atomic E-state index is -0.786. The standard InChI is InChI=1S/C36H42N4O6/c1-23-26(27-9-7-11-29(24(27)2)37-34(41)13-15-39-16-18-45-19-17-39)8-6-10-28(23)35-38-30-20-25(32(44-3)21-33(30)46-35)22-40-14-5-4-12-31(40)36(42)43/h6-11,20-21,31H,4-5,12-19,22H2,1-3H3,(H,37,41)(H,42,43). The zero-order chi connectivity index (χ0) is 32.2. The third kappa shape index (κ3) is 6.79. The Morgan fingerprint density at radius 2 is 1.74 bits per heavy atom. The van der Waals surface area contributed by atoms with Gasteiger partial charge in [-0.2, -0.15) is 0 Å². The van der Waals surface area contributed by atoms with Crippen LogP contribution in [0.5, 0.6) is 5.75 Å². The summed E-state index contributed by atoms with van der Waals surface area (Å²) in [5, 5.41) is 12.9. The van der Waals surface area contributed by atoms with E-state index in [1.807, 2.05) is 48.2 Å². The number of fused-ring (bicyclic) bond motifs is 1. The number of benzene rings is 3. The Morgan fingerprint density at radius 3 is 2.50 bits per heavy atom. The van der Waals surface area contributed by atoms with Crippen molar-refractivity contribution in [3.63, 3.8) is 0 Å². The first kappa shape index (κ1) is 31.7. The summed E-state index contributed by atoms with van der Waals surface area (Å²) in [6, 6.07) is 15.3. The summed E-state index contributed by atoms with van der Waals surface area (Å²) in [7, 11) is 1.61. The van der Waals surface area contributed by atoms with E-state index in [1.54, 1.807) is 7.11 Å². The summed E-state index contributed by atoms with van der Waals surface area (Å²) in [6.07, 6.45) is 2.97. The number of piperidine rings is 1. The molecule has 3 heterocycles.